The molecule has 0 bridgehead atoms. The number of aliphatic carboxylic acids is 1. The first kappa shape index (κ1) is 27.9. The topological polar surface area (TPSA) is 91.8 Å². The lowest BCUT2D eigenvalue weighted by molar-refractivity contribution is -0.160. The summed E-state index contributed by atoms with van der Waals surface area (Å²) in [7, 11) is -3.42. The number of carboxylic acid groups (broad SMARTS) is 1. The maximum atomic E-state index is 14.2. The van der Waals surface area contributed by atoms with Gasteiger partial charge in [0, 0.05) is 22.0 Å². The molecular weight excluding hydrogens is 533 g/mol. The highest BCUT2D eigenvalue weighted by Gasteiger charge is 2.53. The number of rotatable bonds is 9. The first-order valence-electron chi connectivity index (χ1n) is 12.7. The number of halogens is 2. The molecule has 200 valence electrons. The van der Waals surface area contributed by atoms with Crippen molar-refractivity contribution in [3.8, 4) is 0 Å². The molecule has 0 radical (unpaired) electrons. The minimum absolute atomic E-state index is 0.143. The van der Waals surface area contributed by atoms with Gasteiger partial charge in [-0.15, -0.1) is 0 Å². The standard InChI is InChI=1S/C28H33Cl2NO5S/c1-3-22(17-37(35,36)23-8-5-9-23)31-26(18-10-12-20(29)13-11-18)24(19-6-4-7-21(30)14-19)15-28(2,27(31)34)16-25(32)33/h4,6-7,10-14,22-24,26H,3,5,8-9,15-17H2,1-2H3,(H,32,33)/t22-,24+,26+,28+/m0/s1. The zero-order valence-corrected chi connectivity index (χ0v) is 23.4. The summed E-state index contributed by atoms with van der Waals surface area (Å²) in [5.41, 5.74) is 0.480. The van der Waals surface area contributed by atoms with E-state index in [1.807, 2.05) is 37.3 Å². The number of sulfone groups is 1. The van der Waals surface area contributed by atoms with Gasteiger partial charge in [0.05, 0.1) is 28.9 Å². The Bertz CT molecular complexity index is 1260. The molecule has 2 fully saturated rings. The van der Waals surface area contributed by atoms with Crippen LogP contribution >= 0.6 is 23.2 Å². The summed E-state index contributed by atoms with van der Waals surface area (Å²) < 4.78 is 26.6. The number of hydrogen-bond acceptors (Lipinski definition) is 4. The molecule has 2 aliphatic rings. The summed E-state index contributed by atoms with van der Waals surface area (Å²) >= 11 is 12.5. The van der Waals surface area contributed by atoms with Crippen molar-refractivity contribution in [2.75, 3.05) is 5.75 Å². The summed E-state index contributed by atoms with van der Waals surface area (Å²) in [6, 6.07) is 13.5. The van der Waals surface area contributed by atoms with E-state index in [0.717, 1.165) is 17.5 Å². The zero-order chi connectivity index (χ0) is 27.0. The monoisotopic (exact) mass is 565 g/mol. The first-order chi connectivity index (χ1) is 17.4. The van der Waals surface area contributed by atoms with Crippen LogP contribution in [0.5, 0.6) is 0 Å². The third kappa shape index (κ3) is 5.84. The van der Waals surface area contributed by atoms with Crippen LogP contribution in [0.3, 0.4) is 0 Å². The molecule has 1 aliphatic carbocycles. The number of carbonyl (C=O) groups is 2. The normalized spacial score (nSPS) is 25.5. The molecule has 1 heterocycles. The van der Waals surface area contributed by atoms with Gasteiger partial charge >= 0.3 is 5.97 Å². The Morgan fingerprint density at radius 2 is 1.78 bits per heavy atom. The van der Waals surface area contributed by atoms with Gasteiger partial charge in [-0.05, 0) is 61.1 Å². The van der Waals surface area contributed by atoms with Crippen molar-refractivity contribution < 1.29 is 23.1 Å². The van der Waals surface area contributed by atoms with Crippen LogP contribution in [0.15, 0.2) is 48.5 Å². The predicted molar refractivity (Wildman–Crippen MR) is 146 cm³/mol. The average Bonchev–Trinajstić information content (AvgIpc) is 2.78. The number of carboxylic acids is 1. The summed E-state index contributed by atoms with van der Waals surface area (Å²) in [6.07, 6.45) is 2.55. The van der Waals surface area contributed by atoms with Gasteiger partial charge in [-0.1, -0.05) is 67.7 Å². The summed E-state index contributed by atoms with van der Waals surface area (Å²) in [5.74, 6) is -1.85. The Balaban J connectivity index is 1.88. The van der Waals surface area contributed by atoms with E-state index in [2.05, 4.69) is 0 Å². The molecule has 6 nitrogen and oxygen atoms in total. The third-order valence-electron chi connectivity index (χ3n) is 7.98. The second kappa shape index (κ2) is 11.0. The maximum absolute atomic E-state index is 14.2. The van der Waals surface area contributed by atoms with Crippen LogP contribution < -0.4 is 0 Å². The molecule has 1 N–H and O–H groups in total. The molecular formula is C28H33Cl2NO5S. The number of likely N-dealkylation sites (tertiary alicyclic amines) is 1. The van der Waals surface area contributed by atoms with Gasteiger partial charge in [0.25, 0.3) is 0 Å². The van der Waals surface area contributed by atoms with Crippen LogP contribution in [0.2, 0.25) is 10.0 Å². The van der Waals surface area contributed by atoms with E-state index >= 15 is 0 Å². The molecule has 4 atom stereocenters. The average molecular weight is 567 g/mol. The highest BCUT2D eigenvalue weighted by molar-refractivity contribution is 7.92. The fraction of sp³-hybridized carbons (Fsp3) is 0.500. The lowest BCUT2D eigenvalue weighted by Gasteiger charge is -2.52. The van der Waals surface area contributed by atoms with Crippen LogP contribution in [0, 0.1) is 5.41 Å². The second-order valence-electron chi connectivity index (χ2n) is 10.7. The summed E-state index contributed by atoms with van der Waals surface area (Å²) in [6.45, 7) is 3.56. The number of nitrogens with zero attached hydrogens (tertiary/aromatic N) is 1. The highest BCUT2D eigenvalue weighted by atomic mass is 35.5. The molecule has 0 spiro atoms. The van der Waals surface area contributed by atoms with E-state index in [-0.39, 0.29) is 35.7 Å². The molecule has 1 saturated heterocycles. The van der Waals surface area contributed by atoms with Crippen molar-refractivity contribution in [2.45, 2.75) is 75.6 Å². The van der Waals surface area contributed by atoms with E-state index in [1.165, 1.54) is 0 Å². The van der Waals surface area contributed by atoms with Crippen molar-refractivity contribution >= 4 is 44.9 Å². The minimum Gasteiger partial charge on any atom is -0.481 e. The molecule has 9 heteroatoms. The van der Waals surface area contributed by atoms with Gasteiger partial charge in [-0.3, -0.25) is 9.59 Å². The Kier molecular flexibility index (Phi) is 8.27. The fourth-order valence-electron chi connectivity index (χ4n) is 5.81. The Hall–Kier alpha value is -2.09. The molecule has 0 aromatic heterocycles. The lowest BCUT2D eigenvalue weighted by atomic mass is 9.67. The largest absolute Gasteiger partial charge is 0.481 e. The van der Waals surface area contributed by atoms with Crippen LogP contribution in [-0.4, -0.2) is 47.3 Å². The van der Waals surface area contributed by atoms with Crippen LogP contribution in [0.1, 0.15) is 75.5 Å². The molecule has 2 aromatic rings. The van der Waals surface area contributed by atoms with Crippen LogP contribution in [-0.2, 0) is 19.4 Å². The van der Waals surface area contributed by atoms with Gasteiger partial charge in [-0.25, -0.2) is 8.42 Å². The number of amides is 1. The molecule has 1 saturated carbocycles. The van der Waals surface area contributed by atoms with Gasteiger partial charge in [-0.2, -0.15) is 0 Å². The molecule has 2 aromatic carbocycles. The van der Waals surface area contributed by atoms with Crippen molar-refractivity contribution in [2.24, 2.45) is 5.41 Å². The van der Waals surface area contributed by atoms with E-state index in [0.29, 0.717) is 29.3 Å². The Morgan fingerprint density at radius 3 is 2.32 bits per heavy atom. The predicted octanol–water partition coefficient (Wildman–Crippen LogP) is 6.28. The van der Waals surface area contributed by atoms with Crippen molar-refractivity contribution in [1.82, 2.24) is 4.90 Å². The SMILES string of the molecule is CC[C@@H](CS(=O)(=O)C1CCC1)N1C(=O)[C@@](C)(CC(=O)O)C[C@H](c2cccc(Cl)c2)[C@H]1c1ccc(Cl)cc1. The van der Waals surface area contributed by atoms with Crippen molar-refractivity contribution in [3.63, 3.8) is 0 Å². The maximum Gasteiger partial charge on any atom is 0.304 e. The Morgan fingerprint density at radius 1 is 1.11 bits per heavy atom. The molecule has 4 rings (SSSR count). The fourth-order valence-corrected chi connectivity index (χ4v) is 8.39. The zero-order valence-electron chi connectivity index (χ0n) is 21.1. The van der Waals surface area contributed by atoms with Gasteiger partial charge in [0.2, 0.25) is 5.91 Å². The third-order valence-corrected chi connectivity index (χ3v) is 10.8. The summed E-state index contributed by atoms with van der Waals surface area (Å²) in [5, 5.41) is 10.5. The summed E-state index contributed by atoms with van der Waals surface area (Å²) in [4.78, 5) is 27.8. The molecule has 1 amide bonds. The molecule has 1 aliphatic heterocycles. The lowest BCUT2D eigenvalue weighted by Crippen LogP contribution is -2.57. The number of hydrogen-bond donors (Lipinski definition) is 1. The van der Waals surface area contributed by atoms with E-state index in [1.54, 1.807) is 30.0 Å². The van der Waals surface area contributed by atoms with E-state index in [9.17, 15) is 23.1 Å². The number of piperidine rings is 1. The minimum atomic E-state index is -3.42. The quantitative estimate of drug-likeness (QED) is 0.386. The number of benzene rings is 2. The van der Waals surface area contributed by atoms with Gasteiger partial charge in [0.1, 0.15) is 0 Å². The van der Waals surface area contributed by atoms with Crippen LogP contribution in [0.25, 0.3) is 0 Å². The van der Waals surface area contributed by atoms with Crippen molar-refractivity contribution in [1.29, 1.82) is 0 Å². The van der Waals surface area contributed by atoms with Crippen LogP contribution in [0.4, 0.5) is 0 Å². The second-order valence-corrected chi connectivity index (χ2v) is 13.8. The van der Waals surface area contributed by atoms with Gasteiger partial charge < -0.3 is 10.0 Å². The van der Waals surface area contributed by atoms with E-state index in [4.69, 9.17) is 23.2 Å². The Labute approximate surface area is 228 Å². The van der Waals surface area contributed by atoms with Gasteiger partial charge in [0.15, 0.2) is 9.84 Å². The van der Waals surface area contributed by atoms with Crippen molar-refractivity contribution in [3.05, 3.63) is 69.7 Å². The van der Waals surface area contributed by atoms with E-state index < -0.39 is 33.3 Å². The first-order valence-corrected chi connectivity index (χ1v) is 15.2. The molecule has 37 heavy (non-hydrogen) atoms. The molecule has 0 unspecified atom stereocenters. The smallest absolute Gasteiger partial charge is 0.304 e. The highest BCUT2D eigenvalue weighted by Crippen LogP contribution is 2.52. The number of carbonyl (C=O) groups excluding carboxylic acids is 1.